The lowest BCUT2D eigenvalue weighted by atomic mass is 10.0. The van der Waals surface area contributed by atoms with Crippen LogP contribution in [-0.4, -0.2) is 17.1 Å². The van der Waals surface area contributed by atoms with E-state index in [1.165, 1.54) is 31.2 Å². The molecule has 1 aromatic carbocycles. The molecule has 0 bridgehead atoms. The molecule has 2 aromatic rings. The third kappa shape index (κ3) is 5.77. The fraction of sp³-hybridized carbons (Fsp3) is 0.444. The van der Waals surface area contributed by atoms with Gasteiger partial charge in [0, 0.05) is 11.8 Å². The topological polar surface area (TPSA) is 87.0 Å². The first-order valence-electron chi connectivity index (χ1n) is 8.19. The third-order valence-corrected chi connectivity index (χ3v) is 3.99. The minimum Gasteiger partial charge on any atom is -0.497 e. The molecule has 4 N–H and O–H groups in total. The summed E-state index contributed by atoms with van der Waals surface area (Å²) < 4.78 is 5.17. The monoisotopic (exact) mass is 314 g/mol. The molecule has 0 aliphatic heterocycles. The summed E-state index contributed by atoms with van der Waals surface area (Å²) in [6.07, 6.45) is 9.81. The first-order valence-corrected chi connectivity index (χ1v) is 8.19. The van der Waals surface area contributed by atoms with Crippen molar-refractivity contribution in [2.24, 2.45) is 0 Å². The van der Waals surface area contributed by atoms with Gasteiger partial charge in [0.2, 0.25) is 5.95 Å². The molecule has 1 heterocycles. The summed E-state index contributed by atoms with van der Waals surface area (Å²) in [5.74, 6) is 1.67. The van der Waals surface area contributed by atoms with Crippen LogP contribution in [-0.2, 0) is 12.8 Å². The Kier molecular flexibility index (Phi) is 6.66. The van der Waals surface area contributed by atoms with E-state index in [9.17, 15) is 0 Å². The van der Waals surface area contributed by atoms with Crippen molar-refractivity contribution in [3.8, 4) is 5.75 Å². The number of aryl methyl sites for hydroxylation is 2. The third-order valence-electron chi connectivity index (χ3n) is 3.99. The number of hydrogen-bond donors (Lipinski definition) is 2. The highest BCUT2D eigenvalue weighted by atomic mass is 16.5. The minimum atomic E-state index is 0.241. The Balaban J connectivity index is 1.57. The molecule has 5 heteroatoms. The molecule has 0 aliphatic carbocycles. The number of rotatable bonds is 9. The molecule has 1 aromatic heterocycles. The van der Waals surface area contributed by atoms with Gasteiger partial charge in [0.05, 0.1) is 7.11 Å². The van der Waals surface area contributed by atoms with Gasteiger partial charge >= 0.3 is 0 Å². The number of nitrogen functional groups attached to an aromatic ring is 2. The number of benzene rings is 1. The number of aromatic nitrogens is 2. The van der Waals surface area contributed by atoms with Crippen molar-refractivity contribution in [1.29, 1.82) is 0 Å². The second-order valence-corrected chi connectivity index (χ2v) is 5.75. The molecule has 0 spiro atoms. The average molecular weight is 314 g/mol. The minimum absolute atomic E-state index is 0.241. The highest BCUT2D eigenvalue weighted by Gasteiger charge is 2.02. The fourth-order valence-electron chi connectivity index (χ4n) is 2.59. The van der Waals surface area contributed by atoms with E-state index in [4.69, 9.17) is 16.2 Å². The van der Waals surface area contributed by atoms with E-state index in [2.05, 4.69) is 22.1 Å². The summed E-state index contributed by atoms with van der Waals surface area (Å²) in [5.41, 5.74) is 13.7. The lowest BCUT2D eigenvalue weighted by molar-refractivity contribution is 0.414. The second-order valence-electron chi connectivity index (χ2n) is 5.75. The van der Waals surface area contributed by atoms with Gasteiger partial charge in [-0.3, -0.25) is 0 Å². The van der Waals surface area contributed by atoms with Gasteiger partial charge in [0.25, 0.3) is 0 Å². The Labute approximate surface area is 138 Å². The second kappa shape index (κ2) is 8.98. The maximum atomic E-state index is 5.83. The van der Waals surface area contributed by atoms with E-state index in [-0.39, 0.29) is 5.95 Å². The Hall–Kier alpha value is -2.30. The van der Waals surface area contributed by atoms with Gasteiger partial charge in [-0.05, 0) is 43.4 Å². The van der Waals surface area contributed by atoms with Crippen LogP contribution >= 0.6 is 0 Å². The predicted octanol–water partition coefficient (Wildman–Crippen LogP) is 3.39. The molecular weight excluding hydrogens is 288 g/mol. The van der Waals surface area contributed by atoms with Crippen molar-refractivity contribution in [2.45, 2.75) is 44.9 Å². The molecule has 0 amide bonds. The van der Waals surface area contributed by atoms with Crippen LogP contribution in [0.3, 0.4) is 0 Å². The van der Waals surface area contributed by atoms with Crippen LogP contribution in [0.15, 0.2) is 30.5 Å². The van der Waals surface area contributed by atoms with Crippen LogP contribution in [0.1, 0.15) is 43.2 Å². The van der Waals surface area contributed by atoms with Crippen LogP contribution in [0.2, 0.25) is 0 Å². The van der Waals surface area contributed by atoms with E-state index in [0.29, 0.717) is 5.82 Å². The molecule has 124 valence electrons. The smallest absolute Gasteiger partial charge is 0.221 e. The van der Waals surface area contributed by atoms with Crippen molar-refractivity contribution in [2.75, 3.05) is 18.6 Å². The number of anilines is 2. The van der Waals surface area contributed by atoms with Gasteiger partial charge in [0.15, 0.2) is 0 Å². The molecule has 0 atom stereocenters. The first-order chi connectivity index (χ1) is 11.2. The zero-order chi connectivity index (χ0) is 16.5. The zero-order valence-corrected chi connectivity index (χ0v) is 13.8. The van der Waals surface area contributed by atoms with Gasteiger partial charge in [-0.25, -0.2) is 4.98 Å². The molecule has 0 unspecified atom stereocenters. The highest BCUT2D eigenvalue weighted by Crippen LogP contribution is 2.16. The molecule has 0 saturated heterocycles. The van der Waals surface area contributed by atoms with Gasteiger partial charge < -0.3 is 16.2 Å². The van der Waals surface area contributed by atoms with Crippen molar-refractivity contribution in [3.63, 3.8) is 0 Å². The summed E-state index contributed by atoms with van der Waals surface area (Å²) in [5, 5.41) is 0. The Morgan fingerprint density at radius 3 is 2.22 bits per heavy atom. The summed E-state index contributed by atoms with van der Waals surface area (Å²) in [6.45, 7) is 0. The van der Waals surface area contributed by atoms with Crippen LogP contribution in [0.4, 0.5) is 11.8 Å². The average Bonchev–Trinajstić information content (AvgIpc) is 2.56. The Bertz CT molecular complexity index is 598. The molecule has 0 fully saturated rings. The van der Waals surface area contributed by atoms with E-state index in [1.807, 2.05) is 12.1 Å². The Morgan fingerprint density at radius 1 is 0.913 bits per heavy atom. The van der Waals surface area contributed by atoms with Crippen LogP contribution < -0.4 is 16.2 Å². The maximum absolute atomic E-state index is 5.83. The van der Waals surface area contributed by atoms with Crippen molar-refractivity contribution in [3.05, 3.63) is 41.6 Å². The van der Waals surface area contributed by atoms with E-state index < -0.39 is 0 Å². The number of hydrogen-bond acceptors (Lipinski definition) is 5. The number of unbranched alkanes of at least 4 members (excludes halogenated alkanes) is 4. The van der Waals surface area contributed by atoms with E-state index in [1.54, 1.807) is 13.3 Å². The SMILES string of the molecule is COc1ccc(CCCCCCCc2cnc(N)nc2N)cc1. The van der Waals surface area contributed by atoms with Crippen molar-refractivity contribution < 1.29 is 4.74 Å². The largest absolute Gasteiger partial charge is 0.497 e. The molecule has 2 rings (SSSR count). The lowest BCUT2D eigenvalue weighted by Crippen LogP contribution is -2.03. The number of methoxy groups -OCH3 is 1. The first kappa shape index (κ1) is 17.1. The number of ether oxygens (including phenoxy) is 1. The highest BCUT2D eigenvalue weighted by molar-refractivity contribution is 5.41. The summed E-state index contributed by atoms with van der Waals surface area (Å²) >= 11 is 0. The molecule has 0 radical (unpaired) electrons. The summed E-state index contributed by atoms with van der Waals surface area (Å²) in [6, 6.07) is 8.33. The van der Waals surface area contributed by atoms with Gasteiger partial charge in [0.1, 0.15) is 11.6 Å². The summed E-state index contributed by atoms with van der Waals surface area (Å²) in [7, 11) is 1.69. The van der Waals surface area contributed by atoms with E-state index >= 15 is 0 Å². The van der Waals surface area contributed by atoms with Gasteiger partial charge in [-0.15, -0.1) is 0 Å². The number of nitrogens with zero attached hydrogens (tertiary/aromatic N) is 2. The van der Waals surface area contributed by atoms with Crippen LogP contribution in [0.25, 0.3) is 0 Å². The molecular formula is C18H26N4O. The van der Waals surface area contributed by atoms with Crippen molar-refractivity contribution >= 4 is 11.8 Å². The molecule has 0 aliphatic rings. The van der Waals surface area contributed by atoms with Crippen LogP contribution in [0, 0.1) is 0 Å². The molecule has 23 heavy (non-hydrogen) atoms. The quantitative estimate of drug-likeness (QED) is 0.693. The van der Waals surface area contributed by atoms with Gasteiger partial charge in [-0.2, -0.15) is 4.98 Å². The predicted molar refractivity (Wildman–Crippen MR) is 94.3 cm³/mol. The maximum Gasteiger partial charge on any atom is 0.221 e. The van der Waals surface area contributed by atoms with Crippen LogP contribution in [0.5, 0.6) is 5.75 Å². The standard InChI is InChI=1S/C18H26N4O/c1-23-16-11-9-14(10-12-16)7-5-3-2-4-6-8-15-13-21-18(20)22-17(15)19/h9-13H,2-8H2,1H3,(H4,19,20,21,22). The van der Waals surface area contributed by atoms with E-state index in [0.717, 1.165) is 30.6 Å². The Morgan fingerprint density at radius 2 is 1.57 bits per heavy atom. The summed E-state index contributed by atoms with van der Waals surface area (Å²) in [4.78, 5) is 7.98. The zero-order valence-electron chi connectivity index (χ0n) is 13.8. The normalized spacial score (nSPS) is 10.7. The fourth-order valence-corrected chi connectivity index (χ4v) is 2.59. The van der Waals surface area contributed by atoms with Gasteiger partial charge in [-0.1, -0.05) is 31.4 Å². The molecule has 5 nitrogen and oxygen atoms in total. The number of nitrogens with two attached hydrogens (primary N) is 2. The molecule has 0 saturated carbocycles. The van der Waals surface area contributed by atoms with Crippen molar-refractivity contribution in [1.82, 2.24) is 9.97 Å². The lowest BCUT2D eigenvalue weighted by Gasteiger charge is -2.06.